The molecule has 1 aliphatic rings. The van der Waals surface area contributed by atoms with Crippen LogP contribution < -0.4 is 14.5 Å². The first-order chi connectivity index (χ1) is 15.1. The van der Waals surface area contributed by atoms with E-state index in [1.165, 1.54) is 38.3 Å². The second-order valence-corrected chi connectivity index (χ2v) is 6.82. The predicted molar refractivity (Wildman–Crippen MR) is 109 cm³/mol. The van der Waals surface area contributed by atoms with Gasteiger partial charge in [-0.3, -0.25) is 4.79 Å². The largest absolute Gasteiger partial charge is 0.493 e. The summed E-state index contributed by atoms with van der Waals surface area (Å²) in [6.45, 7) is 5.01. The van der Waals surface area contributed by atoms with Crippen molar-refractivity contribution in [3.8, 4) is 11.5 Å². The van der Waals surface area contributed by atoms with Crippen molar-refractivity contribution < 1.29 is 36.2 Å². The number of halogens is 6. The molecule has 1 heterocycles. The zero-order valence-corrected chi connectivity index (χ0v) is 17.4. The number of methoxy groups -OCH3 is 1. The summed E-state index contributed by atoms with van der Waals surface area (Å²) in [5, 5.41) is 3.93. The number of hydrazone groups is 1. The minimum absolute atomic E-state index is 0.0268. The van der Waals surface area contributed by atoms with E-state index < -0.39 is 40.7 Å². The van der Waals surface area contributed by atoms with Gasteiger partial charge in [0.2, 0.25) is 5.82 Å². The van der Waals surface area contributed by atoms with Crippen molar-refractivity contribution in [1.29, 1.82) is 0 Å². The van der Waals surface area contributed by atoms with Gasteiger partial charge >= 0.3 is 0 Å². The van der Waals surface area contributed by atoms with Gasteiger partial charge in [0.1, 0.15) is 12.3 Å². The highest BCUT2D eigenvalue weighted by Crippen LogP contribution is 2.38. The quantitative estimate of drug-likeness (QED) is 0.186. The molecule has 0 spiro atoms. The molecule has 0 bridgehead atoms. The molecule has 0 fully saturated rings. The van der Waals surface area contributed by atoms with Gasteiger partial charge in [0.05, 0.1) is 23.4 Å². The van der Waals surface area contributed by atoms with Crippen LogP contribution in [-0.4, -0.2) is 25.3 Å². The van der Waals surface area contributed by atoms with Gasteiger partial charge in [0, 0.05) is 0 Å². The average Bonchev–Trinajstić information content (AvgIpc) is 3.03. The number of benzene rings is 2. The van der Waals surface area contributed by atoms with Crippen LogP contribution in [0.4, 0.5) is 27.6 Å². The normalized spacial score (nSPS) is 14.8. The maximum Gasteiger partial charge on any atom is 0.280 e. The molecule has 168 valence electrons. The number of anilines is 1. The number of hydrogen-bond acceptors (Lipinski definition) is 4. The Kier molecular flexibility index (Phi) is 6.54. The van der Waals surface area contributed by atoms with E-state index in [2.05, 4.69) is 11.7 Å². The van der Waals surface area contributed by atoms with Gasteiger partial charge in [0.25, 0.3) is 5.91 Å². The molecule has 11 heteroatoms. The first-order valence-electron chi connectivity index (χ1n) is 8.86. The molecule has 2 aromatic carbocycles. The number of carbonyl (C=O) groups is 1. The second kappa shape index (κ2) is 8.99. The Morgan fingerprint density at radius 2 is 1.69 bits per heavy atom. The molecule has 0 atom stereocenters. The highest BCUT2D eigenvalue weighted by atomic mass is 35.5. The molecule has 0 N–H and O–H groups in total. The number of nitrogens with zero attached hydrogens (tertiary/aromatic N) is 2. The van der Waals surface area contributed by atoms with Gasteiger partial charge in [-0.25, -0.2) is 22.0 Å². The first-order valence-corrected chi connectivity index (χ1v) is 9.24. The Labute approximate surface area is 184 Å². The fourth-order valence-electron chi connectivity index (χ4n) is 2.89. The monoisotopic (exact) mass is 472 g/mol. The summed E-state index contributed by atoms with van der Waals surface area (Å²) in [4.78, 5) is 12.8. The smallest absolute Gasteiger partial charge is 0.280 e. The Morgan fingerprint density at radius 1 is 1.09 bits per heavy atom. The molecule has 0 unspecified atom stereocenters. The highest BCUT2D eigenvalue weighted by molar-refractivity contribution is 6.33. The molecule has 0 aromatic heterocycles. The average molecular weight is 473 g/mol. The minimum atomic E-state index is -2.34. The lowest BCUT2D eigenvalue weighted by atomic mass is 10.1. The maximum absolute atomic E-state index is 14.1. The number of ether oxygens (including phenoxy) is 2. The lowest BCUT2D eigenvalue weighted by molar-refractivity contribution is -0.114. The highest BCUT2D eigenvalue weighted by Gasteiger charge is 2.37. The van der Waals surface area contributed by atoms with Crippen LogP contribution in [0.25, 0.3) is 6.08 Å². The minimum Gasteiger partial charge on any atom is -0.493 e. The van der Waals surface area contributed by atoms with Crippen molar-refractivity contribution in [2.45, 2.75) is 6.92 Å². The topological polar surface area (TPSA) is 51.1 Å². The summed E-state index contributed by atoms with van der Waals surface area (Å²) in [7, 11) is 1.36. The van der Waals surface area contributed by atoms with Crippen LogP contribution in [-0.2, 0) is 4.79 Å². The van der Waals surface area contributed by atoms with Crippen LogP contribution >= 0.6 is 11.6 Å². The maximum atomic E-state index is 14.1. The van der Waals surface area contributed by atoms with Crippen molar-refractivity contribution in [3.05, 3.63) is 70.0 Å². The third kappa shape index (κ3) is 3.93. The molecule has 5 nitrogen and oxygen atoms in total. The summed E-state index contributed by atoms with van der Waals surface area (Å²) >= 11 is 6.21. The summed E-state index contributed by atoms with van der Waals surface area (Å²) in [6.07, 6.45) is 2.77. The third-order valence-electron chi connectivity index (χ3n) is 4.37. The fraction of sp³-hybridized carbons (Fsp3) is 0.143. The van der Waals surface area contributed by atoms with E-state index in [1.54, 1.807) is 0 Å². The third-order valence-corrected chi connectivity index (χ3v) is 4.65. The summed E-state index contributed by atoms with van der Waals surface area (Å²) < 4.78 is 79.4. The van der Waals surface area contributed by atoms with E-state index in [9.17, 15) is 26.7 Å². The van der Waals surface area contributed by atoms with E-state index in [0.29, 0.717) is 5.56 Å². The molecule has 0 saturated heterocycles. The van der Waals surface area contributed by atoms with Crippen LogP contribution in [0.3, 0.4) is 0 Å². The number of amides is 1. The Hall–Kier alpha value is -3.40. The van der Waals surface area contributed by atoms with E-state index in [-0.39, 0.29) is 39.4 Å². The van der Waals surface area contributed by atoms with Crippen molar-refractivity contribution in [3.63, 3.8) is 0 Å². The number of hydrogen-bond donors (Lipinski definition) is 0. The van der Waals surface area contributed by atoms with Crippen LogP contribution in [0.5, 0.6) is 11.5 Å². The van der Waals surface area contributed by atoms with Gasteiger partial charge in [-0.05, 0) is 30.7 Å². The fourth-order valence-corrected chi connectivity index (χ4v) is 3.16. The molecular weight excluding hydrogens is 459 g/mol. The molecule has 1 amide bonds. The Morgan fingerprint density at radius 3 is 2.25 bits per heavy atom. The summed E-state index contributed by atoms with van der Waals surface area (Å²) in [5.41, 5.74) is -1.33. The standard InChI is InChI=1S/C21H14ClF5N2O3/c1-4-5-32-20-12(22)7-10(8-13(20)31-3)6-11-9(2)28-29(21(11)30)19-17(26)15(24)14(23)16(25)18(19)27/h4,6-8H,1,5H2,2-3H3/b11-6+. The van der Waals surface area contributed by atoms with Crippen molar-refractivity contribution in [2.75, 3.05) is 18.7 Å². The zero-order chi connectivity index (χ0) is 23.7. The number of carbonyl (C=O) groups excluding carboxylic acids is 1. The van der Waals surface area contributed by atoms with Crippen LogP contribution in [0.15, 0.2) is 35.5 Å². The SMILES string of the molecule is C=CCOc1c(Cl)cc(/C=C2/C(=O)N(c3c(F)c(F)c(F)c(F)c3F)N=C2C)cc1OC. The predicted octanol–water partition coefficient (Wildman–Crippen LogP) is 5.42. The van der Waals surface area contributed by atoms with Gasteiger partial charge < -0.3 is 9.47 Å². The van der Waals surface area contributed by atoms with E-state index in [1.807, 2.05) is 0 Å². The molecule has 0 aliphatic carbocycles. The van der Waals surface area contributed by atoms with Gasteiger partial charge in [0.15, 0.2) is 34.8 Å². The Balaban J connectivity index is 2.05. The van der Waals surface area contributed by atoms with Gasteiger partial charge in [-0.1, -0.05) is 24.3 Å². The first kappa shape index (κ1) is 23.3. The molecule has 0 saturated carbocycles. The lowest BCUT2D eigenvalue weighted by Crippen LogP contribution is -2.25. The molecule has 2 aromatic rings. The zero-order valence-electron chi connectivity index (χ0n) is 16.6. The lowest BCUT2D eigenvalue weighted by Gasteiger charge is -2.15. The van der Waals surface area contributed by atoms with Crippen molar-refractivity contribution >= 4 is 35.0 Å². The second-order valence-electron chi connectivity index (χ2n) is 6.41. The van der Waals surface area contributed by atoms with Gasteiger partial charge in [-0.15, -0.1) is 0 Å². The molecule has 32 heavy (non-hydrogen) atoms. The van der Waals surface area contributed by atoms with Crippen molar-refractivity contribution in [2.24, 2.45) is 5.10 Å². The van der Waals surface area contributed by atoms with Crippen LogP contribution in [0.2, 0.25) is 5.02 Å². The van der Waals surface area contributed by atoms with Crippen LogP contribution in [0, 0.1) is 29.1 Å². The molecular formula is C21H14ClF5N2O3. The molecule has 3 rings (SSSR count). The van der Waals surface area contributed by atoms with E-state index >= 15 is 0 Å². The van der Waals surface area contributed by atoms with Crippen molar-refractivity contribution in [1.82, 2.24) is 0 Å². The van der Waals surface area contributed by atoms with Gasteiger partial charge in [-0.2, -0.15) is 10.1 Å². The summed E-state index contributed by atoms with van der Waals surface area (Å²) in [5.74, 6) is -11.7. The van der Waals surface area contributed by atoms with Crippen LogP contribution in [0.1, 0.15) is 12.5 Å². The number of rotatable bonds is 6. The molecule has 0 radical (unpaired) electrons. The Bertz CT molecular complexity index is 1170. The van der Waals surface area contributed by atoms with E-state index in [0.717, 1.165) is 0 Å². The van der Waals surface area contributed by atoms with E-state index in [4.69, 9.17) is 21.1 Å². The summed E-state index contributed by atoms with van der Waals surface area (Å²) in [6, 6.07) is 2.90. The molecule has 1 aliphatic heterocycles.